The molecule has 0 aromatic heterocycles. The van der Waals surface area contributed by atoms with Gasteiger partial charge in [-0.25, -0.2) is 0 Å². The van der Waals surface area contributed by atoms with Gasteiger partial charge in [0, 0.05) is 6.42 Å². The van der Waals surface area contributed by atoms with Gasteiger partial charge in [0.1, 0.15) is 6.29 Å². The lowest BCUT2D eigenvalue weighted by Gasteiger charge is -2.44. The van der Waals surface area contributed by atoms with Crippen LogP contribution < -0.4 is 0 Å². The first-order chi connectivity index (χ1) is 11.6. The van der Waals surface area contributed by atoms with E-state index in [1.54, 1.807) is 0 Å². The van der Waals surface area contributed by atoms with Gasteiger partial charge in [-0.1, -0.05) is 6.42 Å². The van der Waals surface area contributed by atoms with Crippen molar-refractivity contribution in [2.45, 2.75) is 44.9 Å². The molecule has 0 radical (unpaired) electrons. The lowest BCUT2D eigenvalue weighted by Crippen LogP contribution is -2.44. The second-order valence-electron chi connectivity index (χ2n) is 6.62. The Morgan fingerprint density at radius 3 is 2.04 bits per heavy atom. The van der Waals surface area contributed by atoms with E-state index >= 15 is 0 Å². The highest BCUT2D eigenvalue weighted by Gasteiger charge is 2.49. The van der Waals surface area contributed by atoms with Gasteiger partial charge < -0.3 is 25.2 Å². The summed E-state index contributed by atoms with van der Waals surface area (Å²) >= 11 is 0. The molecule has 0 bridgehead atoms. The molecule has 0 saturated heterocycles. The molecule has 0 amide bonds. The Balaban J connectivity index is 3.19. The molecule has 1 aliphatic carbocycles. The van der Waals surface area contributed by atoms with Crippen LogP contribution in [0, 0.1) is 23.2 Å². The number of aldehydes is 1. The van der Waals surface area contributed by atoms with Crippen molar-refractivity contribution in [1.82, 2.24) is 0 Å². The van der Waals surface area contributed by atoms with E-state index in [9.17, 15) is 34.2 Å². The third-order valence-corrected chi connectivity index (χ3v) is 5.10. The number of rotatable bonds is 10. The SMILES string of the molecule is O=CCC1(C(CC(=O)O)C(=O)O)CCCC(C(CC(=O)O)C(=O)O)C1. The minimum absolute atomic E-state index is 0.000231. The fourth-order valence-corrected chi connectivity index (χ4v) is 3.98. The van der Waals surface area contributed by atoms with E-state index in [-0.39, 0.29) is 19.3 Å². The zero-order chi connectivity index (χ0) is 19.2. The van der Waals surface area contributed by atoms with Gasteiger partial charge in [-0.05, 0) is 30.6 Å². The second-order valence-corrected chi connectivity index (χ2v) is 6.62. The Kier molecular flexibility index (Phi) is 7.08. The molecule has 9 heteroatoms. The van der Waals surface area contributed by atoms with E-state index < -0.39 is 59.9 Å². The number of hydrogen-bond donors (Lipinski definition) is 4. The van der Waals surface area contributed by atoms with Gasteiger partial charge in [-0.3, -0.25) is 19.2 Å². The van der Waals surface area contributed by atoms with Gasteiger partial charge in [0.15, 0.2) is 0 Å². The van der Waals surface area contributed by atoms with Crippen LogP contribution in [0.2, 0.25) is 0 Å². The molecule has 4 unspecified atom stereocenters. The van der Waals surface area contributed by atoms with E-state index in [1.165, 1.54) is 0 Å². The molecule has 1 fully saturated rings. The summed E-state index contributed by atoms with van der Waals surface area (Å²) in [6.45, 7) is 0. The molecule has 1 rings (SSSR count). The maximum atomic E-state index is 11.6. The third-order valence-electron chi connectivity index (χ3n) is 5.10. The molecule has 4 atom stereocenters. The number of aliphatic carboxylic acids is 4. The molecular formula is C16H22O9. The molecule has 0 aromatic carbocycles. The average molecular weight is 358 g/mol. The summed E-state index contributed by atoms with van der Waals surface area (Å²) in [7, 11) is 0. The van der Waals surface area contributed by atoms with Crippen molar-refractivity contribution in [3.8, 4) is 0 Å². The summed E-state index contributed by atoms with van der Waals surface area (Å²) in [6.07, 6.45) is 0.127. The number of carbonyl (C=O) groups is 5. The average Bonchev–Trinajstić information content (AvgIpc) is 2.50. The summed E-state index contributed by atoms with van der Waals surface area (Å²) in [5.41, 5.74) is -1.18. The molecule has 0 aliphatic heterocycles. The number of carbonyl (C=O) groups excluding carboxylic acids is 1. The van der Waals surface area contributed by atoms with E-state index in [1.807, 2.05) is 0 Å². The maximum absolute atomic E-state index is 11.6. The zero-order valence-electron chi connectivity index (χ0n) is 13.6. The monoisotopic (exact) mass is 358 g/mol. The minimum Gasteiger partial charge on any atom is -0.481 e. The van der Waals surface area contributed by atoms with Gasteiger partial charge in [-0.2, -0.15) is 0 Å². The quantitative estimate of drug-likeness (QED) is 0.418. The molecule has 4 N–H and O–H groups in total. The highest BCUT2D eigenvalue weighted by atomic mass is 16.4. The number of carboxylic acid groups (broad SMARTS) is 4. The van der Waals surface area contributed by atoms with Crippen molar-refractivity contribution in [2.75, 3.05) is 0 Å². The lowest BCUT2D eigenvalue weighted by atomic mass is 9.58. The van der Waals surface area contributed by atoms with Crippen LogP contribution in [0.1, 0.15) is 44.9 Å². The molecule has 0 spiro atoms. The van der Waals surface area contributed by atoms with Crippen molar-refractivity contribution >= 4 is 30.2 Å². The summed E-state index contributed by atoms with van der Waals surface area (Å²) in [4.78, 5) is 56.2. The van der Waals surface area contributed by atoms with Crippen molar-refractivity contribution in [3.63, 3.8) is 0 Å². The molecule has 0 heterocycles. The van der Waals surface area contributed by atoms with Crippen LogP contribution in [-0.4, -0.2) is 50.6 Å². The van der Waals surface area contributed by atoms with Gasteiger partial charge in [0.2, 0.25) is 0 Å². The highest BCUT2D eigenvalue weighted by molar-refractivity contribution is 5.79. The van der Waals surface area contributed by atoms with Crippen LogP contribution in [0.4, 0.5) is 0 Å². The van der Waals surface area contributed by atoms with Gasteiger partial charge >= 0.3 is 23.9 Å². The first-order valence-corrected chi connectivity index (χ1v) is 7.95. The number of carboxylic acids is 4. The van der Waals surface area contributed by atoms with E-state index in [2.05, 4.69) is 0 Å². The molecule has 140 valence electrons. The maximum Gasteiger partial charge on any atom is 0.307 e. The minimum atomic E-state index is -1.35. The fourth-order valence-electron chi connectivity index (χ4n) is 3.98. The summed E-state index contributed by atoms with van der Waals surface area (Å²) in [5.74, 6) is -8.41. The van der Waals surface area contributed by atoms with Crippen molar-refractivity contribution in [2.24, 2.45) is 23.2 Å². The first kappa shape index (κ1) is 20.6. The Morgan fingerprint density at radius 2 is 1.60 bits per heavy atom. The third kappa shape index (κ3) is 5.27. The molecule has 1 aliphatic rings. The van der Waals surface area contributed by atoms with Crippen LogP contribution in [0.25, 0.3) is 0 Å². The van der Waals surface area contributed by atoms with Crippen LogP contribution in [-0.2, 0) is 24.0 Å². The van der Waals surface area contributed by atoms with Gasteiger partial charge in [0.25, 0.3) is 0 Å². The smallest absolute Gasteiger partial charge is 0.307 e. The molecule has 0 aromatic rings. The van der Waals surface area contributed by atoms with Gasteiger partial charge in [0.05, 0.1) is 24.7 Å². The summed E-state index contributed by atoms with van der Waals surface area (Å²) in [5, 5.41) is 36.7. The standard InChI is InChI=1S/C16H22O9/c17-5-4-16(11(15(24)25)7-13(20)21)3-1-2-9(8-16)10(14(22)23)6-12(18)19/h5,9-11H,1-4,6-8H2,(H,18,19)(H,20,21)(H,22,23)(H,24,25). The van der Waals surface area contributed by atoms with Gasteiger partial charge in [-0.15, -0.1) is 0 Å². The molecular weight excluding hydrogens is 336 g/mol. The fraction of sp³-hybridized carbons (Fsp3) is 0.688. The van der Waals surface area contributed by atoms with E-state index in [0.717, 1.165) is 0 Å². The Hall–Kier alpha value is -2.45. The topological polar surface area (TPSA) is 166 Å². The normalized spacial score (nSPS) is 25.5. The van der Waals surface area contributed by atoms with E-state index in [0.29, 0.717) is 19.1 Å². The molecule has 9 nitrogen and oxygen atoms in total. The Labute approximate surface area is 143 Å². The predicted molar refractivity (Wildman–Crippen MR) is 81.8 cm³/mol. The largest absolute Gasteiger partial charge is 0.481 e. The zero-order valence-corrected chi connectivity index (χ0v) is 13.6. The van der Waals surface area contributed by atoms with Crippen LogP contribution in [0.15, 0.2) is 0 Å². The Morgan fingerprint density at radius 1 is 1.00 bits per heavy atom. The van der Waals surface area contributed by atoms with Crippen LogP contribution >= 0.6 is 0 Å². The summed E-state index contributed by atoms with van der Waals surface area (Å²) in [6, 6.07) is 0. The van der Waals surface area contributed by atoms with Crippen LogP contribution in [0.3, 0.4) is 0 Å². The summed E-state index contributed by atoms with van der Waals surface area (Å²) < 4.78 is 0. The predicted octanol–water partition coefficient (Wildman–Crippen LogP) is 1.10. The second kappa shape index (κ2) is 8.59. The van der Waals surface area contributed by atoms with Crippen molar-refractivity contribution in [3.05, 3.63) is 0 Å². The molecule has 1 saturated carbocycles. The highest BCUT2D eigenvalue weighted by Crippen LogP contribution is 2.50. The van der Waals surface area contributed by atoms with E-state index in [4.69, 9.17) is 10.2 Å². The Bertz CT molecular complexity index is 556. The lowest BCUT2D eigenvalue weighted by molar-refractivity contribution is -0.158. The number of hydrogen-bond acceptors (Lipinski definition) is 5. The first-order valence-electron chi connectivity index (χ1n) is 7.95. The molecule has 25 heavy (non-hydrogen) atoms. The van der Waals surface area contributed by atoms with Crippen LogP contribution in [0.5, 0.6) is 0 Å². The van der Waals surface area contributed by atoms with Crippen molar-refractivity contribution < 1.29 is 44.4 Å². The van der Waals surface area contributed by atoms with Crippen molar-refractivity contribution in [1.29, 1.82) is 0 Å².